The number of carbonyl (C=O) groups excluding carboxylic acids is 2. The molecule has 3 rings (SSSR count). The van der Waals surface area contributed by atoms with Gasteiger partial charge in [0.25, 0.3) is 5.56 Å². The molecule has 1 aromatic heterocycles. The summed E-state index contributed by atoms with van der Waals surface area (Å²) in [5, 5.41) is 4.67. The van der Waals surface area contributed by atoms with Crippen molar-refractivity contribution in [2.24, 2.45) is 0 Å². The third-order valence-corrected chi connectivity index (χ3v) is 4.76. The Balaban J connectivity index is 2.11. The quantitative estimate of drug-likeness (QED) is 0.437. The van der Waals surface area contributed by atoms with E-state index < -0.39 is 11.6 Å². The van der Waals surface area contributed by atoms with E-state index in [1.165, 1.54) is 20.1 Å². The van der Waals surface area contributed by atoms with Crippen molar-refractivity contribution in [3.8, 4) is 17.0 Å². The molecule has 6 nitrogen and oxygen atoms in total. The Kier molecular flexibility index (Phi) is 6.24. The van der Waals surface area contributed by atoms with Crippen LogP contribution in [-0.4, -0.2) is 29.0 Å². The van der Waals surface area contributed by atoms with Crippen LogP contribution in [0.2, 0.25) is 5.02 Å². The number of hydrogen-bond donors (Lipinski definition) is 0. The molecule has 0 N–H and O–H groups in total. The summed E-state index contributed by atoms with van der Waals surface area (Å²) in [5.74, 6) is -0.0629. The Morgan fingerprint density at radius 2 is 1.90 bits per heavy atom. The summed E-state index contributed by atoms with van der Waals surface area (Å²) < 4.78 is 6.47. The molecule has 0 aliphatic carbocycles. The lowest BCUT2D eigenvalue weighted by molar-refractivity contribution is -0.110. The number of Topliss-reactive ketones (excluding diaryl/α,β-unsaturated/α-hetero) is 1. The molecule has 3 aromatic rings. The van der Waals surface area contributed by atoms with Crippen LogP contribution in [0.3, 0.4) is 0 Å². The van der Waals surface area contributed by atoms with Crippen LogP contribution in [0.4, 0.5) is 0 Å². The van der Waals surface area contributed by atoms with Crippen LogP contribution in [0.25, 0.3) is 11.1 Å². The van der Waals surface area contributed by atoms with Crippen LogP contribution in [-0.2, 0) is 11.2 Å². The van der Waals surface area contributed by atoms with Crippen LogP contribution >= 0.6 is 11.6 Å². The molecule has 1 atom stereocenters. The number of benzene rings is 2. The fourth-order valence-corrected chi connectivity index (χ4v) is 3.30. The van der Waals surface area contributed by atoms with E-state index in [1.54, 1.807) is 18.2 Å². The number of hydrogen-bond acceptors (Lipinski definition) is 5. The third kappa shape index (κ3) is 4.43. The maximum atomic E-state index is 12.8. The zero-order valence-corrected chi connectivity index (χ0v) is 16.7. The minimum atomic E-state index is -0.792. The molecule has 0 bridgehead atoms. The molecule has 0 saturated heterocycles. The minimum Gasteiger partial charge on any atom is -0.480 e. The molecule has 0 saturated carbocycles. The summed E-state index contributed by atoms with van der Waals surface area (Å²) in [7, 11) is 1.41. The highest BCUT2D eigenvalue weighted by Gasteiger charge is 2.21. The van der Waals surface area contributed by atoms with Crippen molar-refractivity contribution < 1.29 is 14.3 Å². The van der Waals surface area contributed by atoms with E-state index in [2.05, 4.69) is 5.10 Å². The molecule has 148 valence electrons. The van der Waals surface area contributed by atoms with Gasteiger partial charge in [-0.1, -0.05) is 41.9 Å². The van der Waals surface area contributed by atoms with Crippen molar-refractivity contribution in [3.05, 3.63) is 81.1 Å². The lowest BCUT2D eigenvalue weighted by Gasteiger charge is -2.17. The van der Waals surface area contributed by atoms with E-state index >= 15 is 0 Å². The topological polar surface area (TPSA) is 78.3 Å². The number of aromatic nitrogens is 2. The number of halogens is 1. The molecule has 0 amide bonds. The first kappa shape index (κ1) is 20.5. The Hall–Kier alpha value is -3.25. The second kappa shape index (κ2) is 8.84. The number of ether oxygens (including phenoxy) is 1. The van der Waals surface area contributed by atoms with E-state index in [9.17, 15) is 14.4 Å². The van der Waals surface area contributed by atoms with Crippen molar-refractivity contribution in [2.45, 2.75) is 19.4 Å². The van der Waals surface area contributed by atoms with Crippen LogP contribution in [0.15, 0.2) is 59.4 Å². The zero-order chi connectivity index (χ0) is 21.0. The van der Waals surface area contributed by atoms with Crippen molar-refractivity contribution >= 4 is 23.7 Å². The molecule has 0 spiro atoms. The summed E-state index contributed by atoms with van der Waals surface area (Å²) in [5.41, 5.74) is 1.59. The minimum absolute atomic E-state index is 0.120. The molecular weight excluding hydrogens is 392 g/mol. The second-order valence-corrected chi connectivity index (χ2v) is 6.93. The van der Waals surface area contributed by atoms with Gasteiger partial charge in [0.1, 0.15) is 12.3 Å². The standard InChI is InChI=1S/C22H19ClN2O4/c1-14(27)18-9-8-16(23)11-19(18)20-12-21(28)25(24-22(20)29-2)17(13-26)10-15-6-4-3-5-7-15/h3-9,11-13,17H,10H2,1-2H3. The molecule has 0 aliphatic rings. The van der Waals surface area contributed by atoms with E-state index in [0.29, 0.717) is 34.4 Å². The molecule has 1 unspecified atom stereocenters. The molecule has 29 heavy (non-hydrogen) atoms. The Labute approximate surface area is 172 Å². The van der Waals surface area contributed by atoms with Gasteiger partial charge in [-0.3, -0.25) is 9.59 Å². The van der Waals surface area contributed by atoms with Crippen molar-refractivity contribution in [3.63, 3.8) is 0 Å². The average molecular weight is 411 g/mol. The van der Waals surface area contributed by atoms with Gasteiger partial charge in [0.2, 0.25) is 5.88 Å². The van der Waals surface area contributed by atoms with Gasteiger partial charge in [-0.2, -0.15) is 0 Å². The van der Waals surface area contributed by atoms with E-state index in [-0.39, 0.29) is 11.7 Å². The van der Waals surface area contributed by atoms with Crippen molar-refractivity contribution in [1.82, 2.24) is 9.78 Å². The van der Waals surface area contributed by atoms with Gasteiger partial charge in [-0.05, 0) is 36.2 Å². The second-order valence-electron chi connectivity index (χ2n) is 6.49. The van der Waals surface area contributed by atoms with E-state index in [0.717, 1.165) is 10.2 Å². The molecular formula is C22H19ClN2O4. The van der Waals surface area contributed by atoms with E-state index in [1.807, 2.05) is 30.3 Å². The normalized spacial score (nSPS) is 11.7. The number of ketones is 1. The highest BCUT2D eigenvalue weighted by atomic mass is 35.5. The molecule has 0 aliphatic heterocycles. The molecule has 2 aromatic carbocycles. The Morgan fingerprint density at radius 3 is 2.52 bits per heavy atom. The first-order valence-corrected chi connectivity index (χ1v) is 9.30. The highest BCUT2D eigenvalue weighted by Crippen LogP contribution is 2.32. The Bertz CT molecular complexity index is 1110. The fraction of sp³-hybridized carbons (Fsp3) is 0.182. The van der Waals surface area contributed by atoms with Crippen LogP contribution in [0, 0.1) is 0 Å². The average Bonchev–Trinajstić information content (AvgIpc) is 2.72. The lowest BCUT2D eigenvalue weighted by atomic mass is 9.98. The van der Waals surface area contributed by atoms with Crippen molar-refractivity contribution in [1.29, 1.82) is 0 Å². The third-order valence-electron chi connectivity index (χ3n) is 4.53. The SMILES string of the molecule is COc1nn(C(C=O)Cc2ccccc2)c(=O)cc1-c1cc(Cl)ccc1C(C)=O. The lowest BCUT2D eigenvalue weighted by Crippen LogP contribution is -2.29. The molecule has 1 heterocycles. The molecule has 0 radical (unpaired) electrons. The van der Waals surface area contributed by atoms with Gasteiger partial charge in [0.05, 0.1) is 12.7 Å². The van der Waals surface area contributed by atoms with Crippen molar-refractivity contribution in [2.75, 3.05) is 7.11 Å². The summed E-state index contributed by atoms with van der Waals surface area (Å²) in [6.45, 7) is 1.43. The largest absolute Gasteiger partial charge is 0.480 e. The maximum Gasteiger partial charge on any atom is 0.268 e. The van der Waals surface area contributed by atoms with Crippen LogP contribution < -0.4 is 10.3 Å². The first-order chi connectivity index (χ1) is 13.9. The summed E-state index contributed by atoms with van der Waals surface area (Å²) in [6.07, 6.45) is 0.997. The zero-order valence-electron chi connectivity index (χ0n) is 16.0. The monoisotopic (exact) mass is 410 g/mol. The number of methoxy groups -OCH3 is 1. The maximum absolute atomic E-state index is 12.8. The van der Waals surface area contributed by atoms with Gasteiger partial charge in [-0.15, -0.1) is 5.10 Å². The highest BCUT2D eigenvalue weighted by molar-refractivity contribution is 6.31. The Morgan fingerprint density at radius 1 is 1.17 bits per heavy atom. The summed E-state index contributed by atoms with van der Waals surface area (Å²) >= 11 is 6.10. The molecule has 0 fully saturated rings. The van der Waals surface area contributed by atoms with Gasteiger partial charge >= 0.3 is 0 Å². The first-order valence-electron chi connectivity index (χ1n) is 8.92. The number of nitrogens with zero attached hydrogens (tertiary/aromatic N) is 2. The van der Waals surface area contributed by atoms with Gasteiger partial charge < -0.3 is 9.53 Å². The predicted molar refractivity (Wildman–Crippen MR) is 111 cm³/mol. The van der Waals surface area contributed by atoms with E-state index in [4.69, 9.17) is 16.3 Å². The fourth-order valence-electron chi connectivity index (χ4n) is 3.13. The number of rotatable bonds is 7. The summed E-state index contributed by atoms with van der Waals surface area (Å²) in [4.78, 5) is 36.5. The summed E-state index contributed by atoms with van der Waals surface area (Å²) in [6, 6.07) is 14.6. The van der Waals surface area contributed by atoms with Gasteiger partial charge in [0.15, 0.2) is 5.78 Å². The molecule has 7 heteroatoms. The number of carbonyl (C=O) groups is 2. The van der Waals surface area contributed by atoms with Gasteiger partial charge in [0, 0.05) is 23.1 Å². The predicted octanol–water partition coefficient (Wildman–Crippen LogP) is 3.76. The number of aldehydes is 1. The van der Waals surface area contributed by atoms with Crippen LogP contribution in [0.1, 0.15) is 28.9 Å². The smallest absolute Gasteiger partial charge is 0.268 e. The van der Waals surface area contributed by atoms with Crippen LogP contribution in [0.5, 0.6) is 5.88 Å². The van der Waals surface area contributed by atoms with Gasteiger partial charge in [-0.25, -0.2) is 4.68 Å².